The van der Waals surface area contributed by atoms with Crippen molar-refractivity contribution in [2.24, 2.45) is 0 Å². The molecule has 4 heteroatoms. The fraction of sp³-hybridized carbons (Fsp3) is 0.118. The van der Waals surface area contributed by atoms with Crippen molar-refractivity contribution >= 4 is 32.4 Å². The minimum absolute atomic E-state index is 0.220. The third-order valence-electron chi connectivity index (χ3n) is 3.35. The second-order valence-corrected chi connectivity index (χ2v) is 5.89. The fourth-order valence-electron chi connectivity index (χ4n) is 2.25. The quantitative estimate of drug-likeness (QED) is 0.729. The van der Waals surface area contributed by atoms with Gasteiger partial charge in [0, 0.05) is 15.9 Å². The van der Waals surface area contributed by atoms with Crippen LogP contribution in [0.3, 0.4) is 0 Å². The molecule has 2 N–H and O–H groups in total. The summed E-state index contributed by atoms with van der Waals surface area (Å²) in [6.45, 7) is 2.41. The summed E-state index contributed by atoms with van der Waals surface area (Å²) in [6, 6.07) is 15.9. The molecule has 3 aromatic rings. The number of aryl methyl sites for hydroxylation is 1. The number of aromatic nitrogens is 1. The molecule has 21 heavy (non-hydrogen) atoms. The van der Waals surface area contributed by atoms with E-state index in [4.69, 9.17) is 0 Å². The van der Waals surface area contributed by atoms with Crippen molar-refractivity contribution in [2.45, 2.75) is 13.5 Å². The number of fused-ring (bicyclic) bond motifs is 1. The Hall–Kier alpha value is -2.07. The molecule has 0 radical (unpaired) electrons. The van der Waals surface area contributed by atoms with Crippen LogP contribution in [-0.4, -0.2) is 10.1 Å². The third-order valence-corrected chi connectivity index (χ3v) is 3.84. The summed E-state index contributed by atoms with van der Waals surface area (Å²) < 4.78 is 1.07. The van der Waals surface area contributed by atoms with E-state index in [2.05, 4.69) is 50.5 Å². The Labute approximate surface area is 131 Å². The summed E-state index contributed by atoms with van der Waals surface area (Å²) in [7, 11) is 0. The van der Waals surface area contributed by atoms with Crippen LogP contribution >= 0.6 is 15.9 Å². The number of aromatic hydroxyl groups is 1. The zero-order valence-electron chi connectivity index (χ0n) is 11.6. The van der Waals surface area contributed by atoms with Crippen LogP contribution in [0.25, 0.3) is 10.8 Å². The first kappa shape index (κ1) is 13.9. The average Bonchev–Trinajstić information content (AvgIpc) is 2.48. The molecule has 0 amide bonds. The number of rotatable bonds is 3. The number of halogens is 1. The molecule has 0 saturated heterocycles. The summed E-state index contributed by atoms with van der Waals surface area (Å²) in [6.07, 6.45) is 0. The Balaban J connectivity index is 1.82. The van der Waals surface area contributed by atoms with Gasteiger partial charge in [-0.25, -0.2) is 0 Å². The first-order chi connectivity index (χ1) is 10.1. The molecule has 2 aromatic carbocycles. The molecule has 0 fully saturated rings. The number of pyridine rings is 1. The largest absolute Gasteiger partial charge is 0.506 e. The van der Waals surface area contributed by atoms with E-state index >= 15 is 0 Å². The number of anilines is 1. The highest BCUT2D eigenvalue weighted by Crippen LogP contribution is 2.24. The van der Waals surface area contributed by atoms with Crippen molar-refractivity contribution in [3.63, 3.8) is 0 Å². The van der Waals surface area contributed by atoms with Crippen LogP contribution in [0, 0.1) is 6.92 Å². The molecule has 0 aliphatic rings. The van der Waals surface area contributed by atoms with Gasteiger partial charge < -0.3 is 10.4 Å². The number of hydrogen-bond acceptors (Lipinski definition) is 3. The normalized spacial score (nSPS) is 10.8. The first-order valence-electron chi connectivity index (χ1n) is 6.70. The third kappa shape index (κ3) is 3.16. The first-order valence-corrected chi connectivity index (χ1v) is 7.50. The van der Waals surface area contributed by atoms with Crippen molar-refractivity contribution in [2.75, 3.05) is 5.32 Å². The van der Waals surface area contributed by atoms with E-state index in [1.807, 2.05) is 19.1 Å². The van der Waals surface area contributed by atoms with E-state index in [9.17, 15) is 5.11 Å². The van der Waals surface area contributed by atoms with Crippen molar-refractivity contribution in [1.29, 1.82) is 0 Å². The van der Waals surface area contributed by atoms with Gasteiger partial charge in [0.25, 0.3) is 0 Å². The van der Waals surface area contributed by atoms with E-state index in [0.717, 1.165) is 15.9 Å². The average molecular weight is 343 g/mol. The lowest BCUT2D eigenvalue weighted by Gasteiger charge is -2.09. The van der Waals surface area contributed by atoms with Crippen LogP contribution in [0.15, 0.2) is 53.0 Å². The molecule has 1 aromatic heterocycles. The lowest BCUT2D eigenvalue weighted by atomic mass is 10.1. The van der Waals surface area contributed by atoms with E-state index < -0.39 is 0 Å². The summed E-state index contributed by atoms with van der Waals surface area (Å²) in [5.41, 5.74) is 2.56. The van der Waals surface area contributed by atoms with Crippen LogP contribution in [0.2, 0.25) is 0 Å². The highest BCUT2D eigenvalue weighted by Gasteiger charge is 2.03. The van der Waals surface area contributed by atoms with Crippen molar-refractivity contribution in [1.82, 2.24) is 4.98 Å². The van der Waals surface area contributed by atoms with Crippen LogP contribution in [0.1, 0.15) is 11.4 Å². The lowest BCUT2D eigenvalue weighted by Crippen LogP contribution is -2.02. The summed E-state index contributed by atoms with van der Waals surface area (Å²) >= 11 is 3.48. The molecule has 0 saturated carbocycles. The van der Waals surface area contributed by atoms with Crippen molar-refractivity contribution in [3.8, 4) is 5.75 Å². The van der Waals surface area contributed by atoms with Gasteiger partial charge in [-0.3, -0.25) is 4.98 Å². The number of nitrogens with zero attached hydrogens (tertiary/aromatic N) is 1. The highest BCUT2D eigenvalue weighted by molar-refractivity contribution is 9.10. The van der Waals surface area contributed by atoms with Gasteiger partial charge in [-0.05, 0) is 54.1 Å². The Morgan fingerprint density at radius 3 is 2.67 bits per heavy atom. The van der Waals surface area contributed by atoms with Crippen LogP contribution in [0.5, 0.6) is 5.75 Å². The molecule has 0 atom stereocenters. The molecule has 0 aliphatic heterocycles. The second-order valence-electron chi connectivity index (χ2n) is 4.98. The van der Waals surface area contributed by atoms with Gasteiger partial charge >= 0.3 is 0 Å². The summed E-state index contributed by atoms with van der Waals surface area (Å²) in [4.78, 5) is 4.34. The van der Waals surface area contributed by atoms with Gasteiger partial charge in [0.2, 0.25) is 0 Å². The summed E-state index contributed by atoms with van der Waals surface area (Å²) in [5.74, 6) is 0.220. The molecule has 3 rings (SSSR count). The molecule has 3 nitrogen and oxygen atoms in total. The molecule has 106 valence electrons. The molecule has 0 aliphatic carbocycles. The fourth-order valence-corrected chi connectivity index (χ4v) is 2.62. The number of nitrogens with one attached hydrogen (secondary N) is 1. The molecule has 0 spiro atoms. The maximum atomic E-state index is 9.81. The predicted molar refractivity (Wildman–Crippen MR) is 89.6 cm³/mol. The topological polar surface area (TPSA) is 45.1 Å². The van der Waals surface area contributed by atoms with Crippen molar-refractivity contribution < 1.29 is 5.11 Å². The molecule has 0 bridgehead atoms. The number of benzene rings is 2. The Bertz CT molecular complexity index is 802. The van der Waals surface area contributed by atoms with E-state index in [0.29, 0.717) is 12.2 Å². The maximum absolute atomic E-state index is 9.81. The minimum atomic E-state index is 0.220. The Kier molecular flexibility index (Phi) is 3.80. The SMILES string of the molecule is Cc1ccc(O)c(CNc2ccc3cc(Br)ccc3c2)n1. The lowest BCUT2D eigenvalue weighted by molar-refractivity contribution is 0.464. The number of hydrogen-bond donors (Lipinski definition) is 2. The molecule has 1 heterocycles. The molecular weight excluding hydrogens is 328 g/mol. The maximum Gasteiger partial charge on any atom is 0.138 e. The minimum Gasteiger partial charge on any atom is -0.506 e. The van der Waals surface area contributed by atoms with Crippen molar-refractivity contribution in [3.05, 3.63) is 64.4 Å². The zero-order valence-corrected chi connectivity index (χ0v) is 13.2. The highest BCUT2D eigenvalue weighted by atomic mass is 79.9. The van der Waals surface area contributed by atoms with Crippen LogP contribution < -0.4 is 5.32 Å². The zero-order chi connectivity index (χ0) is 14.8. The predicted octanol–water partition coefficient (Wildman–Crippen LogP) is 4.62. The molecular formula is C17H15BrN2O. The standard InChI is InChI=1S/C17H15BrN2O/c1-11-2-7-17(21)16(20-11)10-19-15-6-4-12-8-14(18)5-3-13(12)9-15/h2-9,19,21H,10H2,1H3. The van der Waals surface area contributed by atoms with Gasteiger partial charge in [0.05, 0.1) is 6.54 Å². The molecule has 0 unspecified atom stereocenters. The van der Waals surface area contributed by atoms with E-state index in [-0.39, 0.29) is 5.75 Å². The van der Waals surface area contributed by atoms with Crippen LogP contribution in [-0.2, 0) is 6.54 Å². The van der Waals surface area contributed by atoms with Gasteiger partial charge in [-0.15, -0.1) is 0 Å². The Morgan fingerprint density at radius 1 is 1.05 bits per heavy atom. The summed E-state index contributed by atoms with van der Waals surface area (Å²) in [5, 5.41) is 15.5. The van der Waals surface area contributed by atoms with Gasteiger partial charge in [-0.1, -0.05) is 28.1 Å². The smallest absolute Gasteiger partial charge is 0.138 e. The van der Waals surface area contributed by atoms with Gasteiger partial charge in [0.15, 0.2) is 0 Å². The Morgan fingerprint density at radius 2 is 1.81 bits per heavy atom. The second kappa shape index (κ2) is 5.74. The van der Waals surface area contributed by atoms with E-state index in [1.54, 1.807) is 12.1 Å². The monoisotopic (exact) mass is 342 g/mol. The van der Waals surface area contributed by atoms with Gasteiger partial charge in [0.1, 0.15) is 11.4 Å². The van der Waals surface area contributed by atoms with Crippen LogP contribution in [0.4, 0.5) is 5.69 Å². The van der Waals surface area contributed by atoms with Gasteiger partial charge in [-0.2, -0.15) is 0 Å². The van der Waals surface area contributed by atoms with E-state index in [1.165, 1.54) is 10.8 Å².